The molecular formula is C19H20N4O4. The third-order valence-electron chi connectivity index (χ3n) is 5.23. The highest BCUT2D eigenvalue weighted by atomic mass is 16.6. The van der Waals surface area contributed by atoms with Gasteiger partial charge in [0.25, 0.3) is 11.6 Å². The molecule has 140 valence electrons. The van der Waals surface area contributed by atoms with Crippen LogP contribution in [0.5, 0.6) is 0 Å². The fraction of sp³-hybridized carbons (Fsp3) is 0.421. The summed E-state index contributed by atoms with van der Waals surface area (Å²) in [4.78, 5) is 14.8. The number of hydrogen-bond acceptors (Lipinski definition) is 7. The lowest BCUT2D eigenvalue weighted by atomic mass is 9.71. The van der Waals surface area contributed by atoms with Gasteiger partial charge < -0.3 is 9.05 Å². The molecule has 0 bridgehead atoms. The van der Waals surface area contributed by atoms with E-state index in [1.165, 1.54) is 12.1 Å². The van der Waals surface area contributed by atoms with Crippen LogP contribution in [0, 0.1) is 21.4 Å². The Morgan fingerprint density at radius 2 is 1.89 bits per heavy atom. The number of nitrogens with zero attached hydrogens (tertiary/aromatic N) is 4. The predicted molar refractivity (Wildman–Crippen MR) is 96.9 cm³/mol. The Bertz CT molecular complexity index is 982. The number of hydrogen-bond donors (Lipinski definition) is 0. The topological polar surface area (TPSA) is 108 Å². The molecular weight excluding hydrogens is 348 g/mol. The first-order chi connectivity index (χ1) is 12.8. The second-order valence-corrected chi connectivity index (χ2v) is 7.97. The predicted octanol–water partition coefficient (Wildman–Crippen LogP) is 4.45. The van der Waals surface area contributed by atoms with Crippen LogP contribution >= 0.6 is 0 Å². The van der Waals surface area contributed by atoms with Gasteiger partial charge >= 0.3 is 0 Å². The lowest BCUT2D eigenvalue weighted by Crippen LogP contribution is -2.26. The zero-order valence-corrected chi connectivity index (χ0v) is 15.4. The van der Waals surface area contributed by atoms with Crippen molar-refractivity contribution < 1.29 is 14.0 Å². The summed E-state index contributed by atoms with van der Waals surface area (Å²) in [6, 6.07) is 6.02. The first-order valence-corrected chi connectivity index (χ1v) is 8.89. The van der Waals surface area contributed by atoms with E-state index in [1.54, 1.807) is 12.1 Å². The third-order valence-corrected chi connectivity index (χ3v) is 5.23. The molecule has 1 aromatic carbocycles. The highest BCUT2D eigenvalue weighted by Crippen LogP contribution is 2.40. The van der Waals surface area contributed by atoms with E-state index in [0.29, 0.717) is 28.9 Å². The largest absolute Gasteiger partial charge is 0.360 e. The normalized spacial score (nSPS) is 16.9. The van der Waals surface area contributed by atoms with Crippen LogP contribution in [0.4, 0.5) is 5.69 Å². The fourth-order valence-corrected chi connectivity index (χ4v) is 3.48. The zero-order valence-electron chi connectivity index (χ0n) is 15.4. The van der Waals surface area contributed by atoms with E-state index in [4.69, 9.17) is 9.05 Å². The number of nitro benzene ring substituents is 1. The van der Waals surface area contributed by atoms with E-state index in [1.807, 2.05) is 0 Å². The van der Waals surface area contributed by atoms with Crippen LogP contribution < -0.4 is 0 Å². The lowest BCUT2D eigenvalue weighted by Gasteiger charge is -2.33. The summed E-state index contributed by atoms with van der Waals surface area (Å²) in [5.74, 6) is 2.09. The standard InChI is InChI=1S/C19H20N4O4/c1-19(2,3)12-6-9-15-14(10-12)16(21-26-15)18-20-17(22-27-18)11-4-7-13(8-5-11)23(24)25/h4-5,7-8,12H,6,9-10H2,1-3H3. The average Bonchev–Trinajstić information content (AvgIpc) is 3.27. The zero-order chi connectivity index (χ0) is 19.2. The molecule has 4 rings (SSSR count). The first kappa shape index (κ1) is 17.4. The number of nitro groups is 1. The molecule has 2 heterocycles. The van der Waals surface area contributed by atoms with Gasteiger partial charge in [-0.1, -0.05) is 31.1 Å². The molecule has 3 aromatic rings. The third kappa shape index (κ3) is 3.22. The molecule has 1 atom stereocenters. The minimum Gasteiger partial charge on any atom is -0.360 e. The van der Waals surface area contributed by atoms with Gasteiger partial charge in [0, 0.05) is 29.7 Å². The van der Waals surface area contributed by atoms with Crippen molar-refractivity contribution in [1.82, 2.24) is 15.3 Å². The summed E-state index contributed by atoms with van der Waals surface area (Å²) in [5.41, 5.74) is 2.49. The lowest BCUT2D eigenvalue weighted by molar-refractivity contribution is -0.384. The highest BCUT2D eigenvalue weighted by Gasteiger charge is 2.34. The van der Waals surface area contributed by atoms with Gasteiger partial charge in [-0.2, -0.15) is 4.98 Å². The fourth-order valence-electron chi connectivity index (χ4n) is 3.48. The molecule has 0 aliphatic heterocycles. The molecule has 8 nitrogen and oxygen atoms in total. The molecule has 1 aliphatic carbocycles. The smallest absolute Gasteiger partial charge is 0.280 e. The van der Waals surface area contributed by atoms with Crippen LogP contribution in [0.3, 0.4) is 0 Å². The van der Waals surface area contributed by atoms with Gasteiger partial charge in [0.2, 0.25) is 5.82 Å². The van der Waals surface area contributed by atoms with Crippen LogP contribution in [0.2, 0.25) is 0 Å². The van der Waals surface area contributed by atoms with E-state index < -0.39 is 4.92 Å². The van der Waals surface area contributed by atoms with Crippen LogP contribution in [0.25, 0.3) is 23.0 Å². The number of non-ortho nitro benzene ring substituents is 1. The molecule has 8 heteroatoms. The summed E-state index contributed by atoms with van der Waals surface area (Å²) < 4.78 is 10.9. The number of aryl methyl sites for hydroxylation is 1. The Kier molecular flexibility index (Phi) is 4.05. The van der Waals surface area contributed by atoms with Gasteiger partial charge in [0.15, 0.2) is 5.69 Å². The maximum atomic E-state index is 10.8. The van der Waals surface area contributed by atoms with Crippen molar-refractivity contribution in [1.29, 1.82) is 0 Å². The Balaban J connectivity index is 1.63. The maximum Gasteiger partial charge on any atom is 0.280 e. The molecule has 0 fully saturated rings. The van der Waals surface area contributed by atoms with Crippen molar-refractivity contribution in [2.24, 2.45) is 11.3 Å². The Hall–Kier alpha value is -3.03. The SMILES string of the molecule is CC(C)(C)C1CCc2onc(-c3nc(-c4ccc([N+](=O)[O-])cc4)no3)c2C1. The summed E-state index contributed by atoms with van der Waals surface area (Å²) in [6.45, 7) is 6.74. The van der Waals surface area contributed by atoms with Crippen LogP contribution in [0.1, 0.15) is 38.5 Å². The molecule has 0 N–H and O–H groups in total. The summed E-state index contributed by atoms with van der Waals surface area (Å²) >= 11 is 0. The Morgan fingerprint density at radius 1 is 1.15 bits per heavy atom. The molecule has 2 aromatic heterocycles. The van der Waals surface area contributed by atoms with Gasteiger partial charge in [0.05, 0.1) is 4.92 Å². The van der Waals surface area contributed by atoms with E-state index in [9.17, 15) is 10.1 Å². The minimum absolute atomic E-state index is 0.0151. The maximum absolute atomic E-state index is 10.8. The average molecular weight is 368 g/mol. The van der Waals surface area contributed by atoms with E-state index >= 15 is 0 Å². The molecule has 0 spiro atoms. The number of rotatable bonds is 3. The van der Waals surface area contributed by atoms with E-state index in [2.05, 4.69) is 36.1 Å². The van der Waals surface area contributed by atoms with E-state index in [0.717, 1.165) is 30.6 Å². The molecule has 1 aliphatic rings. The monoisotopic (exact) mass is 368 g/mol. The van der Waals surface area contributed by atoms with Gasteiger partial charge in [-0.05, 0) is 36.3 Å². The summed E-state index contributed by atoms with van der Waals surface area (Å²) in [5, 5.41) is 18.9. The number of benzene rings is 1. The summed E-state index contributed by atoms with van der Waals surface area (Å²) in [7, 11) is 0. The molecule has 0 saturated heterocycles. The quantitative estimate of drug-likeness (QED) is 0.496. The molecule has 0 amide bonds. The van der Waals surface area contributed by atoms with Crippen molar-refractivity contribution in [3.8, 4) is 23.0 Å². The Labute approximate surface area is 155 Å². The first-order valence-electron chi connectivity index (χ1n) is 8.89. The number of fused-ring (bicyclic) bond motifs is 1. The minimum atomic E-state index is -0.446. The van der Waals surface area contributed by atoms with Crippen molar-refractivity contribution in [2.45, 2.75) is 40.0 Å². The van der Waals surface area contributed by atoms with Crippen molar-refractivity contribution in [2.75, 3.05) is 0 Å². The van der Waals surface area contributed by atoms with Gasteiger partial charge in [0.1, 0.15) is 5.76 Å². The second-order valence-electron chi connectivity index (χ2n) is 7.97. The molecule has 27 heavy (non-hydrogen) atoms. The molecule has 0 saturated carbocycles. The van der Waals surface area contributed by atoms with Crippen molar-refractivity contribution in [3.05, 3.63) is 45.7 Å². The van der Waals surface area contributed by atoms with Gasteiger partial charge in [-0.15, -0.1) is 0 Å². The number of aromatic nitrogens is 3. The highest BCUT2D eigenvalue weighted by molar-refractivity contribution is 5.61. The molecule has 1 unspecified atom stereocenters. The van der Waals surface area contributed by atoms with Crippen LogP contribution in [-0.4, -0.2) is 20.2 Å². The van der Waals surface area contributed by atoms with E-state index in [-0.39, 0.29) is 11.1 Å². The van der Waals surface area contributed by atoms with Crippen LogP contribution in [0.15, 0.2) is 33.3 Å². The molecule has 0 radical (unpaired) electrons. The van der Waals surface area contributed by atoms with Gasteiger partial charge in [-0.3, -0.25) is 10.1 Å². The van der Waals surface area contributed by atoms with Crippen molar-refractivity contribution >= 4 is 5.69 Å². The summed E-state index contributed by atoms with van der Waals surface area (Å²) in [6.07, 6.45) is 2.80. The van der Waals surface area contributed by atoms with Gasteiger partial charge in [-0.25, -0.2) is 0 Å². The Morgan fingerprint density at radius 3 is 2.56 bits per heavy atom. The van der Waals surface area contributed by atoms with Crippen LogP contribution in [-0.2, 0) is 12.8 Å². The second kappa shape index (κ2) is 6.29. The van der Waals surface area contributed by atoms with Crippen molar-refractivity contribution in [3.63, 3.8) is 0 Å².